The van der Waals surface area contributed by atoms with Gasteiger partial charge in [-0.2, -0.15) is 9.41 Å². The van der Waals surface area contributed by atoms with Crippen LogP contribution >= 0.6 is 11.6 Å². The number of aliphatic hydroxyl groups is 1. The number of hydrogen-bond donors (Lipinski definition) is 3. The number of aromatic amines is 1. The molecule has 12 nitrogen and oxygen atoms in total. The molecule has 0 saturated carbocycles. The van der Waals surface area contributed by atoms with E-state index in [-0.39, 0.29) is 34.9 Å². The molecular weight excluding hydrogens is 543 g/mol. The fraction of sp³-hybridized carbons (Fsp3) is 0.154. The van der Waals surface area contributed by atoms with E-state index < -0.39 is 17.5 Å². The van der Waals surface area contributed by atoms with Gasteiger partial charge in [0.1, 0.15) is 18.0 Å². The van der Waals surface area contributed by atoms with Crippen LogP contribution in [0.2, 0.25) is 5.02 Å². The van der Waals surface area contributed by atoms with Crippen LogP contribution in [0.25, 0.3) is 28.1 Å². The third-order valence-electron chi connectivity index (χ3n) is 7.01. The number of nitrogens with one attached hydrogen (secondary N) is 1. The van der Waals surface area contributed by atoms with E-state index in [0.717, 1.165) is 11.0 Å². The quantitative estimate of drug-likeness (QED) is 0.217. The van der Waals surface area contributed by atoms with Gasteiger partial charge in [-0.15, -0.1) is 5.10 Å². The summed E-state index contributed by atoms with van der Waals surface area (Å²) in [5.74, 6) is -0.593. The number of halogens is 2. The number of amides is 1. The maximum Gasteiger partial charge on any atom is 0.411 e. The molecule has 0 radical (unpaired) electrons. The fourth-order valence-corrected chi connectivity index (χ4v) is 5.17. The molecule has 3 aromatic heterocycles. The highest BCUT2D eigenvalue weighted by Gasteiger charge is 2.48. The molecule has 14 heteroatoms. The largest absolute Gasteiger partial charge is 0.618 e. The summed E-state index contributed by atoms with van der Waals surface area (Å²) in [5, 5.41) is 45.9. The lowest BCUT2D eigenvalue weighted by molar-refractivity contribution is -0.620. The van der Waals surface area contributed by atoms with Crippen molar-refractivity contribution in [1.82, 2.24) is 30.2 Å². The maximum atomic E-state index is 14.9. The zero-order valence-electron chi connectivity index (χ0n) is 20.8. The number of carboxylic acid groups (broad SMARTS) is 1. The van der Waals surface area contributed by atoms with Crippen LogP contribution in [0.4, 0.5) is 14.9 Å². The van der Waals surface area contributed by atoms with E-state index >= 15 is 0 Å². The second-order valence-corrected chi connectivity index (χ2v) is 9.79. The van der Waals surface area contributed by atoms with Crippen molar-refractivity contribution in [2.24, 2.45) is 0 Å². The summed E-state index contributed by atoms with van der Waals surface area (Å²) < 4.78 is 17.0. The Morgan fingerprint density at radius 3 is 2.80 bits per heavy atom. The van der Waals surface area contributed by atoms with E-state index in [9.17, 15) is 19.5 Å². The van der Waals surface area contributed by atoms with Crippen LogP contribution < -0.4 is 9.63 Å². The monoisotopic (exact) mass is 562 g/mol. The van der Waals surface area contributed by atoms with E-state index in [2.05, 4.69) is 25.5 Å². The number of benzene rings is 2. The lowest BCUT2D eigenvalue weighted by atomic mass is 9.98. The first kappa shape index (κ1) is 25.4. The number of fused-ring (bicyclic) bond motifs is 1. The van der Waals surface area contributed by atoms with Crippen molar-refractivity contribution in [2.75, 3.05) is 11.9 Å². The molecule has 0 unspecified atom stereocenters. The van der Waals surface area contributed by atoms with E-state index in [1.54, 1.807) is 18.2 Å². The van der Waals surface area contributed by atoms with Gasteiger partial charge in [0.25, 0.3) is 0 Å². The highest BCUT2D eigenvalue weighted by Crippen LogP contribution is 2.41. The first-order valence-corrected chi connectivity index (χ1v) is 12.4. The molecule has 3 N–H and O–H groups in total. The van der Waals surface area contributed by atoms with Crippen molar-refractivity contribution < 1.29 is 24.1 Å². The first-order chi connectivity index (χ1) is 19.2. The van der Waals surface area contributed by atoms with Crippen molar-refractivity contribution in [3.63, 3.8) is 0 Å². The zero-order valence-corrected chi connectivity index (χ0v) is 21.5. The smallest absolute Gasteiger partial charge is 0.411 e. The molecule has 0 bridgehead atoms. The molecule has 1 amide bonds. The number of aromatic nitrogens is 7. The van der Waals surface area contributed by atoms with Gasteiger partial charge in [0.05, 0.1) is 17.6 Å². The van der Waals surface area contributed by atoms with Gasteiger partial charge >= 0.3 is 6.09 Å². The summed E-state index contributed by atoms with van der Waals surface area (Å²) in [6.07, 6.45) is 3.45. The van der Waals surface area contributed by atoms with E-state index in [4.69, 9.17) is 16.7 Å². The third kappa shape index (κ3) is 4.12. The molecule has 0 saturated heterocycles. The Bertz CT molecular complexity index is 1780. The molecular formula is C26H20ClFN8O4. The number of aryl methyl sites for hydroxylation is 1. The molecule has 3 heterocycles. The average molecular weight is 563 g/mol. The summed E-state index contributed by atoms with van der Waals surface area (Å²) in [5.41, 5.74) is 1.31. The Morgan fingerprint density at radius 2 is 2.08 bits per heavy atom. The van der Waals surface area contributed by atoms with Gasteiger partial charge < -0.3 is 20.4 Å². The Morgan fingerprint density at radius 1 is 1.25 bits per heavy atom. The minimum absolute atomic E-state index is 0.0851. The minimum Gasteiger partial charge on any atom is -0.618 e. The molecule has 0 spiro atoms. The Kier molecular flexibility index (Phi) is 5.97. The number of tetrazole rings is 1. The van der Waals surface area contributed by atoms with Crippen LogP contribution in [-0.2, 0) is 12.0 Å². The molecule has 1 atom stereocenters. The van der Waals surface area contributed by atoms with E-state index in [1.807, 2.05) is 6.07 Å². The minimum atomic E-state index is -1.75. The number of imidazole rings is 1. The topological polar surface area (TPSA) is 160 Å². The summed E-state index contributed by atoms with van der Waals surface area (Å²) in [7, 11) is 1.31. The Labute approximate surface area is 230 Å². The number of nitrogens with zero attached hydrogens (tertiary/aromatic N) is 7. The van der Waals surface area contributed by atoms with Crippen LogP contribution in [0.15, 0.2) is 61.2 Å². The van der Waals surface area contributed by atoms with Crippen LogP contribution in [-0.4, -0.2) is 53.5 Å². The number of anilines is 1. The Hall–Kier alpha value is -4.88. The SMILES string of the molecule is CN(C(=O)O)c1ccc(-c2cnc([C@]3(O)CCc4cc(-c5cc(Cl)ccc5-n5cnnn5)c[n+]([O-])c43)[nH]2)c(F)c1. The molecule has 6 rings (SSSR count). The maximum absolute atomic E-state index is 14.9. The fourth-order valence-electron chi connectivity index (χ4n) is 5.00. The second-order valence-electron chi connectivity index (χ2n) is 9.36. The summed E-state index contributed by atoms with van der Waals surface area (Å²) in [4.78, 5) is 19.3. The molecule has 2 aromatic carbocycles. The van der Waals surface area contributed by atoms with Gasteiger partial charge in [0, 0.05) is 40.0 Å². The number of pyridine rings is 1. The van der Waals surface area contributed by atoms with Gasteiger partial charge in [-0.3, -0.25) is 4.90 Å². The highest BCUT2D eigenvalue weighted by atomic mass is 35.5. The average Bonchev–Trinajstić information content (AvgIpc) is 3.69. The standard InChI is InChI=1S/C26H20ClFN8O4/c1-34(25(37)38)17-3-4-18(20(28)10-17)21-11-29-24(31-21)26(39)7-6-14-8-15(12-36(40)23(14)26)19-9-16(27)2-5-22(19)35-13-30-32-33-35/h2-5,8-13,39H,6-7H2,1H3,(H,29,31)(H,37,38)/t26-/m0/s1. The summed E-state index contributed by atoms with van der Waals surface area (Å²) >= 11 is 6.26. The molecule has 40 heavy (non-hydrogen) atoms. The van der Waals surface area contributed by atoms with Crippen LogP contribution in [0.5, 0.6) is 0 Å². The second kappa shape index (κ2) is 9.39. The summed E-state index contributed by atoms with van der Waals surface area (Å²) in [6.45, 7) is 0. The molecule has 202 valence electrons. The van der Waals surface area contributed by atoms with Gasteiger partial charge in [0.15, 0.2) is 6.20 Å². The van der Waals surface area contributed by atoms with Crippen molar-refractivity contribution in [3.8, 4) is 28.1 Å². The zero-order chi connectivity index (χ0) is 28.2. The van der Waals surface area contributed by atoms with Crippen molar-refractivity contribution in [1.29, 1.82) is 0 Å². The number of carbonyl (C=O) groups is 1. The lowest BCUT2D eigenvalue weighted by Gasteiger charge is -2.20. The van der Waals surface area contributed by atoms with Crippen LogP contribution in [0.3, 0.4) is 0 Å². The third-order valence-corrected chi connectivity index (χ3v) is 7.24. The van der Waals surface area contributed by atoms with Crippen molar-refractivity contribution >= 4 is 23.4 Å². The van der Waals surface area contributed by atoms with Crippen LogP contribution in [0.1, 0.15) is 23.5 Å². The molecule has 0 aliphatic heterocycles. The van der Waals surface area contributed by atoms with E-state index in [0.29, 0.717) is 38.6 Å². The van der Waals surface area contributed by atoms with Gasteiger partial charge in [-0.25, -0.2) is 14.2 Å². The molecule has 1 aliphatic carbocycles. The predicted molar refractivity (Wildman–Crippen MR) is 140 cm³/mol. The van der Waals surface area contributed by atoms with Gasteiger partial charge in [0.2, 0.25) is 11.3 Å². The van der Waals surface area contributed by atoms with E-state index in [1.165, 1.54) is 42.6 Å². The van der Waals surface area contributed by atoms with Gasteiger partial charge in [-0.1, -0.05) is 11.6 Å². The Balaban J connectivity index is 1.37. The normalized spacial score (nSPS) is 16.2. The molecule has 1 aliphatic rings. The summed E-state index contributed by atoms with van der Waals surface area (Å²) in [6, 6.07) is 10.9. The predicted octanol–water partition coefficient (Wildman–Crippen LogP) is 3.44. The van der Waals surface area contributed by atoms with Crippen molar-refractivity contribution in [2.45, 2.75) is 18.4 Å². The number of H-pyrrole nitrogens is 1. The highest BCUT2D eigenvalue weighted by molar-refractivity contribution is 6.31. The number of rotatable bonds is 5. The lowest BCUT2D eigenvalue weighted by Crippen LogP contribution is -2.42. The number of hydrogen-bond acceptors (Lipinski definition) is 7. The van der Waals surface area contributed by atoms with Gasteiger partial charge in [-0.05, 0) is 65.7 Å². The van der Waals surface area contributed by atoms with Crippen molar-refractivity contribution in [3.05, 3.63) is 94.3 Å². The molecule has 0 fully saturated rings. The molecule has 5 aromatic rings. The van der Waals surface area contributed by atoms with Crippen LogP contribution in [0, 0.1) is 11.0 Å². The first-order valence-electron chi connectivity index (χ1n) is 12.0.